The molecule has 1 aliphatic rings. The molecule has 0 heterocycles. The third-order valence-corrected chi connectivity index (χ3v) is 5.20. The fraction of sp³-hybridized carbons (Fsp3) is 0.304. The summed E-state index contributed by atoms with van der Waals surface area (Å²) >= 11 is 4.44. The zero-order valence-corrected chi connectivity index (χ0v) is 16.0. The average molecular weight is 365 g/mol. The summed E-state index contributed by atoms with van der Waals surface area (Å²) in [5.41, 5.74) is 4.09. The Kier molecular flexibility index (Phi) is 7.56. The molecule has 2 atom stereocenters. The Morgan fingerprint density at radius 3 is 2.08 bits per heavy atom. The number of benzene rings is 2. The van der Waals surface area contributed by atoms with Gasteiger partial charge in [0, 0.05) is 0 Å². The Morgan fingerprint density at radius 2 is 1.50 bits per heavy atom. The summed E-state index contributed by atoms with van der Waals surface area (Å²) in [6, 6.07) is 21.5. The molecule has 2 aromatic rings. The van der Waals surface area contributed by atoms with Crippen LogP contribution in [0.25, 0.3) is 0 Å². The van der Waals surface area contributed by atoms with Crippen LogP contribution in [-0.4, -0.2) is 6.54 Å². The largest absolute Gasteiger partial charge is 0.308 e. The van der Waals surface area contributed by atoms with Gasteiger partial charge in [-0.15, -0.1) is 0 Å². The van der Waals surface area contributed by atoms with Crippen LogP contribution in [-0.2, 0) is 0 Å². The number of nitrogens with one attached hydrogen (secondary N) is 2. The molecule has 0 aliphatic heterocycles. The van der Waals surface area contributed by atoms with Gasteiger partial charge >= 0.3 is 0 Å². The van der Waals surface area contributed by atoms with Gasteiger partial charge in [0.15, 0.2) is 0 Å². The van der Waals surface area contributed by atoms with E-state index in [9.17, 15) is 0 Å². The van der Waals surface area contributed by atoms with Crippen molar-refractivity contribution in [2.45, 2.75) is 37.8 Å². The molecule has 0 aromatic heterocycles. The molecule has 2 aromatic carbocycles. The molecule has 0 amide bonds. The summed E-state index contributed by atoms with van der Waals surface area (Å²) in [5, 5.41) is 3.77. The first-order valence-corrected chi connectivity index (χ1v) is 9.89. The van der Waals surface area contributed by atoms with E-state index in [0.717, 1.165) is 25.8 Å². The lowest BCUT2D eigenvalue weighted by Crippen LogP contribution is -2.32. The molecular weight excluding hydrogens is 336 g/mol. The van der Waals surface area contributed by atoms with E-state index in [-0.39, 0.29) is 12.1 Å². The molecule has 0 spiro atoms. The quantitative estimate of drug-likeness (QED) is 0.309. The summed E-state index contributed by atoms with van der Waals surface area (Å²) < 4.78 is 3.22. The van der Waals surface area contributed by atoms with Crippen molar-refractivity contribution in [3.63, 3.8) is 0 Å². The normalized spacial score (nSPS) is 16.1. The molecule has 1 unspecified atom stereocenters. The Balaban J connectivity index is 1.66. The zero-order chi connectivity index (χ0) is 18.0. The van der Waals surface area contributed by atoms with E-state index in [1.165, 1.54) is 17.5 Å². The van der Waals surface area contributed by atoms with Gasteiger partial charge in [0.1, 0.15) is 0 Å². The number of hydrogen-bond acceptors (Lipinski definition) is 3. The maximum Gasteiger partial charge on any atom is 0.0614 e. The van der Waals surface area contributed by atoms with Crippen molar-refractivity contribution < 1.29 is 0 Å². The molecule has 136 valence electrons. The van der Waals surface area contributed by atoms with E-state index >= 15 is 0 Å². The maximum absolute atomic E-state index is 4.44. The third kappa shape index (κ3) is 5.34. The SMILES string of the molecule is SNC(c1ccccc1)[C@H](NCCCC1=CCC=CC1)c1ccccc1. The van der Waals surface area contributed by atoms with Crippen LogP contribution >= 0.6 is 12.8 Å². The fourth-order valence-corrected chi connectivity index (χ4v) is 3.81. The molecule has 0 radical (unpaired) electrons. The summed E-state index contributed by atoms with van der Waals surface area (Å²) in [7, 11) is 0. The van der Waals surface area contributed by atoms with Crippen molar-refractivity contribution in [1.29, 1.82) is 0 Å². The van der Waals surface area contributed by atoms with Gasteiger partial charge < -0.3 is 5.32 Å². The average Bonchev–Trinajstić information content (AvgIpc) is 2.72. The van der Waals surface area contributed by atoms with Crippen LogP contribution in [0, 0.1) is 0 Å². The number of allylic oxidation sites excluding steroid dienone is 4. The second-order valence-electron chi connectivity index (χ2n) is 6.74. The molecule has 2 nitrogen and oxygen atoms in total. The maximum atomic E-state index is 4.44. The van der Waals surface area contributed by atoms with E-state index < -0.39 is 0 Å². The van der Waals surface area contributed by atoms with E-state index in [0.29, 0.717) is 0 Å². The highest BCUT2D eigenvalue weighted by atomic mass is 32.1. The van der Waals surface area contributed by atoms with Crippen LogP contribution in [0.4, 0.5) is 0 Å². The second-order valence-corrected chi connectivity index (χ2v) is 7.00. The van der Waals surface area contributed by atoms with Gasteiger partial charge in [-0.1, -0.05) is 97.3 Å². The molecule has 0 bridgehead atoms. The molecule has 0 fully saturated rings. The first-order valence-electron chi connectivity index (χ1n) is 9.44. The van der Waals surface area contributed by atoms with Gasteiger partial charge in [0.25, 0.3) is 0 Å². The summed E-state index contributed by atoms with van der Waals surface area (Å²) in [6.45, 7) is 0.986. The Labute approximate surface area is 163 Å². The lowest BCUT2D eigenvalue weighted by atomic mass is 9.93. The highest BCUT2D eigenvalue weighted by molar-refractivity contribution is 7.78. The van der Waals surface area contributed by atoms with E-state index in [1.807, 2.05) is 0 Å². The fourth-order valence-electron chi connectivity index (χ4n) is 3.52. The first-order chi connectivity index (χ1) is 12.9. The predicted molar refractivity (Wildman–Crippen MR) is 114 cm³/mol. The molecule has 0 saturated carbocycles. The molecule has 26 heavy (non-hydrogen) atoms. The minimum atomic E-state index is 0.110. The van der Waals surface area contributed by atoms with Crippen LogP contribution < -0.4 is 10.0 Å². The number of hydrogen-bond donors (Lipinski definition) is 3. The molecule has 3 heteroatoms. The van der Waals surface area contributed by atoms with Gasteiger partial charge in [-0.25, -0.2) is 0 Å². The minimum Gasteiger partial charge on any atom is -0.308 e. The second kappa shape index (κ2) is 10.4. The molecular formula is C23H28N2S. The molecule has 3 rings (SSSR count). The van der Waals surface area contributed by atoms with Crippen molar-refractivity contribution in [2.75, 3.05) is 6.54 Å². The standard InChI is InChI=1S/C23H28N2S/c26-25-23(21-16-8-3-9-17-21)22(20-14-6-2-7-15-20)24-18-10-13-19-11-4-1-5-12-19/h1-4,6-9,12,14-17,22-26H,5,10-11,13,18H2/t22-,23?/m1/s1. The molecule has 0 saturated heterocycles. The molecule has 2 N–H and O–H groups in total. The lowest BCUT2D eigenvalue weighted by molar-refractivity contribution is 0.432. The van der Waals surface area contributed by atoms with Gasteiger partial charge in [0.05, 0.1) is 12.1 Å². The number of thiol groups is 1. The Hall–Kier alpha value is -1.81. The van der Waals surface area contributed by atoms with Crippen LogP contribution in [0.5, 0.6) is 0 Å². The van der Waals surface area contributed by atoms with Crippen molar-refractivity contribution >= 4 is 12.8 Å². The van der Waals surface area contributed by atoms with Crippen molar-refractivity contribution in [3.8, 4) is 0 Å². The summed E-state index contributed by atoms with van der Waals surface area (Å²) in [6.07, 6.45) is 11.4. The Bertz CT molecular complexity index is 710. The highest BCUT2D eigenvalue weighted by Crippen LogP contribution is 2.29. The minimum absolute atomic E-state index is 0.110. The summed E-state index contributed by atoms with van der Waals surface area (Å²) in [5.74, 6) is 0. The van der Waals surface area contributed by atoms with Gasteiger partial charge in [-0.3, -0.25) is 4.72 Å². The van der Waals surface area contributed by atoms with Crippen LogP contribution in [0.2, 0.25) is 0 Å². The van der Waals surface area contributed by atoms with Crippen molar-refractivity contribution in [1.82, 2.24) is 10.0 Å². The first kappa shape index (κ1) is 19.0. The van der Waals surface area contributed by atoms with Gasteiger partial charge in [-0.05, 0) is 43.4 Å². The van der Waals surface area contributed by atoms with E-state index in [4.69, 9.17) is 0 Å². The van der Waals surface area contributed by atoms with Crippen molar-refractivity contribution in [2.24, 2.45) is 0 Å². The van der Waals surface area contributed by atoms with Crippen LogP contribution in [0.3, 0.4) is 0 Å². The third-order valence-electron chi connectivity index (χ3n) is 4.92. The Morgan fingerprint density at radius 1 is 0.846 bits per heavy atom. The summed E-state index contributed by atoms with van der Waals surface area (Å²) in [4.78, 5) is 0. The van der Waals surface area contributed by atoms with Crippen LogP contribution in [0.1, 0.15) is 48.9 Å². The van der Waals surface area contributed by atoms with E-state index in [1.54, 1.807) is 5.57 Å². The highest BCUT2D eigenvalue weighted by Gasteiger charge is 2.23. The number of rotatable bonds is 9. The lowest BCUT2D eigenvalue weighted by Gasteiger charge is -2.28. The van der Waals surface area contributed by atoms with Crippen molar-refractivity contribution in [3.05, 3.63) is 95.6 Å². The smallest absolute Gasteiger partial charge is 0.0614 e. The van der Waals surface area contributed by atoms with Gasteiger partial charge in [0.2, 0.25) is 0 Å². The monoisotopic (exact) mass is 364 g/mol. The zero-order valence-electron chi connectivity index (χ0n) is 15.1. The predicted octanol–water partition coefficient (Wildman–Crippen LogP) is 5.55. The van der Waals surface area contributed by atoms with Gasteiger partial charge in [-0.2, -0.15) is 0 Å². The van der Waals surface area contributed by atoms with E-state index in [2.05, 4.69) is 102 Å². The van der Waals surface area contributed by atoms with Crippen LogP contribution in [0.15, 0.2) is 84.5 Å². The molecule has 1 aliphatic carbocycles. The topological polar surface area (TPSA) is 24.1 Å².